The van der Waals surface area contributed by atoms with Gasteiger partial charge in [0.15, 0.2) is 0 Å². The van der Waals surface area contributed by atoms with Gasteiger partial charge in [-0.3, -0.25) is 13.9 Å². The van der Waals surface area contributed by atoms with Crippen LogP contribution >= 0.6 is 23.2 Å². The van der Waals surface area contributed by atoms with Crippen molar-refractivity contribution in [2.24, 2.45) is 0 Å². The molecule has 0 heterocycles. The second-order valence-corrected chi connectivity index (χ2v) is 11.7. The van der Waals surface area contributed by atoms with Crippen LogP contribution in [0.4, 0.5) is 5.69 Å². The molecule has 3 aromatic rings. The summed E-state index contributed by atoms with van der Waals surface area (Å²) in [4.78, 5) is 28.7. The van der Waals surface area contributed by atoms with Gasteiger partial charge in [-0.15, -0.1) is 0 Å². The molecule has 0 bridgehead atoms. The standard InChI is InChI=1S/C28H31Cl2N3O4S/c1-4-31-28(35)26(16-21-10-6-5-7-11-21)32(18-22-12-8-9-20(2)15-22)27(34)19-33(38(3,36)37)25-14-13-23(29)17-24(25)30/h5-15,17,26H,4,16,18-19H2,1-3H3,(H,31,35)/t26-/m0/s1. The highest BCUT2D eigenvalue weighted by Crippen LogP contribution is 2.30. The molecule has 10 heteroatoms. The Morgan fingerprint density at radius 1 is 0.947 bits per heavy atom. The first-order chi connectivity index (χ1) is 18.0. The normalized spacial score (nSPS) is 12.0. The van der Waals surface area contributed by atoms with E-state index in [1.807, 2.05) is 61.5 Å². The number of halogens is 2. The predicted octanol–water partition coefficient (Wildman–Crippen LogP) is 4.84. The van der Waals surface area contributed by atoms with Gasteiger partial charge in [0.05, 0.1) is 17.0 Å². The number of sulfonamides is 1. The van der Waals surface area contributed by atoms with Crippen LogP contribution in [-0.4, -0.2) is 50.5 Å². The van der Waals surface area contributed by atoms with E-state index in [0.717, 1.165) is 27.3 Å². The third kappa shape index (κ3) is 7.96. The number of carbonyl (C=O) groups excluding carboxylic acids is 2. The van der Waals surface area contributed by atoms with Crippen LogP contribution in [0.2, 0.25) is 10.0 Å². The second-order valence-electron chi connectivity index (χ2n) is 8.98. The van der Waals surface area contributed by atoms with Crippen LogP contribution in [0.3, 0.4) is 0 Å². The third-order valence-corrected chi connectivity index (χ3v) is 7.58. The topological polar surface area (TPSA) is 86.8 Å². The lowest BCUT2D eigenvalue weighted by Gasteiger charge is -2.33. The zero-order valence-corrected chi connectivity index (χ0v) is 23.9. The molecule has 3 aromatic carbocycles. The van der Waals surface area contributed by atoms with Gasteiger partial charge in [0, 0.05) is 24.5 Å². The fraction of sp³-hybridized carbons (Fsp3) is 0.286. The molecule has 0 aromatic heterocycles. The van der Waals surface area contributed by atoms with Crippen molar-refractivity contribution in [3.05, 3.63) is 99.5 Å². The lowest BCUT2D eigenvalue weighted by Crippen LogP contribution is -2.53. The molecule has 0 aliphatic rings. The smallest absolute Gasteiger partial charge is 0.244 e. The average molecular weight is 577 g/mol. The van der Waals surface area contributed by atoms with E-state index >= 15 is 0 Å². The molecule has 0 fully saturated rings. The van der Waals surface area contributed by atoms with E-state index in [1.54, 1.807) is 6.92 Å². The number of hydrogen-bond acceptors (Lipinski definition) is 4. The molecule has 3 rings (SSSR count). The number of likely N-dealkylation sites (N-methyl/N-ethyl adjacent to an activating group) is 1. The van der Waals surface area contributed by atoms with Crippen molar-refractivity contribution in [3.8, 4) is 0 Å². The van der Waals surface area contributed by atoms with E-state index in [0.29, 0.717) is 11.6 Å². The number of nitrogens with zero attached hydrogens (tertiary/aromatic N) is 2. The SMILES string of the molecule is CCNC(=O)[C@H](Cc1ccccc1)N(Cc1cccc(C)c1)C(=O)CN(c1ccc(Cl)cc1Cl)S(C)(=O)=O. The highest BCUT2D eigenvalue weighted by Gasteiger charge is 2.33. The Balaban J connectivity index is 2.06. The summed E-state index contributed by atoms with van der Waals surface area (Å²) >= 11 is 12.3. The van der Waals surface area contributed by atoms with Crippen molar-refractivity contribution >= 4 is 50.7 Å². The molecule has 0 saturated carbocycles. The van der Waals surface area contributed by atoms with Gasteiger partial charge in [-0.05, 0) is 43.2 Å². The van der Waals surface area contributed by atoms with Crippen LogP contribution < -0.4 is 9.62 Å². The van der Waals surface area contributed by atoms with Crippen molar-refractivity contribution in [1.29, 1.82) is 0 Å². The van der Waals surface area contributed by atoms with Crippen LogP contribution in [0, 0.1) is 6.92 Å². The quantitative estimate of drug-likeness (QED) is 0.354. The molecule has 202 valence electrons. The lowest BCUT2D eigenvalue weighted by atomic mass is 10.0. The van der Waals surface area contributed by atoms with Crippen molar-refractivity contribution in [2.45, 2.75) is 32.9 Å². The van der Waals surface area contributed by atoms with Crippen LogP contribution in [0.15, 0.2) is 72.8 Å². The molecule has 0 aliphatic carbocycles. The van der Waals surface area contributed by atoms with E-state index in [2.05, 4.69) is 5.32 Å². The molecule has 0 radical (unpaired) electrons. The van der Waals surface area contributed by atoms with Gasteiger partial charge >= 0.3 is 0 Å². The molecule has 7 nitrogen and oxygen atoms in total. The molecule has 1 atom stereocenters. The first kappa shape index (κ1) is 29.5. The summed E-state index contributed by atoms with van der Waals surface area (Å²) in [5, 5.41) is 3.25. The molecule has 0 saturated heterocycles. The fourth-order valence-electron chi connectivity index (χ4n) is 4.13. The number of anilines is 1. The Morgan fingerprint density at radius 2 is 1.63 bits per heavy atom. The summed E-state index contributed by atoms with van der Waals surface area (Å²) in [6.45, 7) is 3.69. The van der Waals surface area contributed by atoms with E-state index in [1.165, 1.54) is 23.1 Å². The minimum Gasteiger partial charge on any atom is -0.355 e. The summed E-state index contributed by atoms with van der Waals surface area (Å²) < 4.78 is 26.6. The summed E-state index contributed by atoms with van der Waals surface area (Å²) in [6, 6.07) is 20.5. The van der Waals surface area contributed by atoms with E-state index < -0.39 is 28.5 Å². The van der Waals surface area contributed by atoms with Crippen LogP contribution in [0.25, 0.3) is 0 Å². The van der Waals surface area contributed by atoms with Gasteiger partial charge in [-0.25, -0.2) is 8.42 Å². The minimum absolute atomic E-state index is 0.0884. The number of hydrogen-bond donors (Lipinski definition) is 1. The van der Waals surface area contributed by atoms with Crippen molar-refractivity contribution in [1.82, 2.24) is 10.2 Å². The Morgan fingerprint density at radius 3 is 2.24 bits per heavy atom. The zero-order valence-electron chi connectivity index (χ0n) is 21.5. The van der Waals surface area contributed by atoms with Crippen LogP contribution in [0.1, 0.15) is 23.6 Å². The van der Waals surface area contributed by atoms with Gasteiger partial charge in [0.25, 0.3) is 0 Å². The average Bonchev–Trinajstić information content (AvgIpc) is 2.85. The minimum atomic E-state index is -3.92. The highest BCUT2D eigenvalue weighted by atomic mass is 35.5. The summed E-state index contributed by atoms with van der Waals surface area (Å²) in [5.74, 6) is -0.872. The Labute approximate surface area is 234 Å². The van der Waals surface area contributed by atoms with Crippen molar-refractivity contribution < 1.29 is 18.0 Å². The van der Waals surface area contributed by atoms with Crippen molar-refractivity contribution in [3.63, 3.8) is 0 Å². The molecule has 1 N–H and O–H groups in total. The number of carbonyl (C=O) groups is 2. The Hall–Kier alpha value is -3.07. The first-order valence-corrected chi connectivity index (χ1v) is 14.7. The maximum absolute atomic E-state index is 14.0. The summed E-state index contributed by atoms with van der Waals surface area (Å²) in [7, 11) is -3.92. The molecule has 0 spiro atoms. The lowest BCUT2D eigenvalue weighted by molar-refractivity contribution is -0.140. The van der Waals surface area contributed by atoms with Crippen LogP contribution in [0.5, 0.6) is 0 Å². The highest BCUT2D eigenvalue weighted by molar-refractivity contribution is 7.92. The van der Waals surface area contributed by atoms with Crippen LogP contribution in [-0.2, 0) is 32.6 Å². The Kier molecular flexibility index (Phi) is 10.2. The van der Waals surface area contributed by atoms with Crippen molar-refractivity contribution in [2.75, 3.05) is 23.7 Å². The molecule has 0 aliphatic heterocycles. The van der Waals surface area contributed by atoms with Gasteiger partial charge in [-0.1, -0.05) is 83.4 Å². The van der Waals surface area contributed by atoms with E-state index in [-0.39, 0.29) is 29.6 Å². The van der Waals surface area contributed by atoms with E-state index in [9.17, 15) is 18.0 Å². The number of nitrogens with one attached hydrogen (secondary N) is 1. The largest absolute Gasteiger partial charge is 0.355 e. The number of benzene rings is 3. The zero-order chi connectivity index (χ0) is 27.9. The third-order valence-electron chi connectivity index (χ3n) is 5.92. The maximum atomic E-state index is 14.0. The first-order valence-electron chi connectivity index (χ1n) is 12.1. The molecule has 38 heavy (non-hydrogen) atoms. The molecular weight excluding hydrogens is 545 g/mol. The monoisotopic (exact) mass is 575 g/mol. The molecular formula is C28H31Cl2N3O4S. The molecule has 0 unspecified atom stereocenters. The number of amides is 2. The van der Waals surface area contributed by atoms with Gasteiger partial charge in [-0.2, -0.15) is 0 Å². The Bertz CT molecular complexity index is 1380. The fourth-order valence-corrected chi connectivity index (χ4v) is 5.55. The molecule has 2 amide bonds. The summed E-state index contributed by atoms with van der Waals surface area (Å²) in [6.07, 6.45) is 1.26. The predicted molar refractivity (Wildman–Crippen MR) is 153 cm³/mol. The van der Waals surface area contributed by atoms with Gasteiger partial charge in [0.2, 0.25) is 21.8 Å². The van der Waals surface area contributed by atoms with E-state index in [4.69, 9.17) is 23.2 Å². The second kappa shape index (κ2) is 13.1. The number of rotatable bonds is 11. The number of aryl methyl sites for hydroxylation is 1. The van der Waals surface area contributed by atoms with Gasteiger partial charge in [0.1, 0.15) is 12.6 Å². The van der Waals surface area contributed by atoms with Gasteiger partial charge < -0.3 is 10.2 Å². The summed E-state index contributed by atoms with van der Waals surface area (Å²) in [5.41, 5.74) is 2.81. The maximum Gasteiger partial charge on any atom is 0.244 e.